The molecule has 0 aliphatic heterocycles. The quantitative estimate of drug-likeness (QED) is 0.176. The predicted octanol–water partition coefficient (Wildman–Crippen LogP) is 14.4. The van der Waals surface area contributed by atoms with Gasteiger partial charge in [0.15, 0.2) is 0 Å². The van der Waals surface area contributed by atoms with E-state index < -0.39 is 0 Å². The van der Waals surface area contributed by atoms with Gasteiger partial charge in [0.1, 0.15) is 11.2 Å². The summed E-state index contributed by atoms with van der Waals surface area (Å²) in [5, 5.41) is 7.10. The molecule has 10 rings (SSSR count). The topological polar surface area (TPSA) is 16.4 Å². The van der Waals surface area contributed by atoms with Crippen molar-refractivity contribution in [2.75, 3.05) is 4.90 Å². The molecule has 10 aromatic rings. The van der Waals surface area contributed by atoms with Crippen LogP contribution < -0.4 is 4.90 Å². The highest BCUT2D eigenvalue weighted by atomic mass is 16.3. The van der Waals surface area contributed by atoms with Crippen molar-refractivity contribution in [3.8, 4) is 33.4 Å². The zero-order valence-electron chi connectivity index (χ0n) is 28.4. The average molecular weight is 664 g/mol. The van der Waals surface area contributed by atoms with E-state index in [0.29, 0.717) is 0 Å². The first kappa shape index (κ1) is 30.0. The summed E-state index contributed by atoms with van der Waals surface area (Å²) in [5.41, 5.74) is 12.3. The van der Waals surface area contributed by atoms with Gasteiger partial charge in [-0.1, -0.05) is 146 Å². The molecule has 0 saturated carbocycles. The summed E-state index contributed by atoms with van der Waals surface area (Å²) in [7, 11) is 0. The van der Waals surface area contributed by atoms with Crippen molar-refractivity contribution < 1.29 is 4.42 Å². The number of hydrogen-bond acceptors (Lipinski definition) is 2. The number of benzene rings is 9. The molecule has 2 heteroatoms. The third-order valence-corrected chi connectivity index (χ3v) is 10.3. The van der Waals surface area contributed by atoms with E-state index in [0.717, 1.165) is 55.5 Å². The summed E-state index contributed by atoms with van der Waals surface area (Å²) >= 11 is 0. The number of fused-ring (bicyclic) bond motifs is 6. The lowest BCUT2D eigenvalue weighted by Gasteiger charge is -2.26. The molecule has 9 aromatic carbocycles. The Labute approximate surface area is 302 Å². The van der Waals surface area contributed by atoms with Crippen molar-refractivity contribution in [3.63, 3.8) is 0 Å². The molecule has 0 unspecified atom stereocenters. The summed E-state index contributed by atoms with van der Waals surface area (Å²) in [6.45, 7) is 0. The van der Waals surface area contributed by atoms with Crippen LogP contribution in [-0.2, 0) is 0 Å². The summed E-state index contributed by atoms with van der Waals surface area (Å²) in [4.78, 5) is 2.34. The highest BCUT2D eigenvalue weighted by molar-refractivity contribution is 6.15. The van der Waals surface area contributed by atoms with Crippen molar-refractivity contribution >= 4 is 60.5 Å². The maximum Gasteiger partial charge on any atom is 0.143 e. The first-order valence-electron chi connectivity index (χ1n) is 17.8. The Morgan fingerprint density at radius 2 is 0.827 bits per heavy atom. The average Bonchev–Trinajstić information content (AvgIpc) is 3.61. The van der Waals surface area contributed by atoms with Crippen LogP contribution in [0.15, 0.2) is 205 Å². The van der Waals surface area contributed by atoms with E-state index in [1.54, 1.807) is 0 Å². The number of para-hydroxylation sites is 1. The molecule has 244 valence electrons. The predicted molar refractivity (Wildman–Crippen MR) is 220 cm³/mol. The fourth-order valence-electron chi connectivity index (χ4n) is 7.63. The third-order valence-electron chi connectivity index (χ3n) is 10.3. The molecule has 0 amide bonds. The van der Waals surface area contributed by atoms with Gasteiger partial charge in [0.2, 0.25) is 0 Å². The number of hydrogen-bond donors (Lipinski definition) is 0. The van der Waals surface area contributed by atoms with Crippen LogP contribution in [0.1, 0.15) is 0 Å². The van der Waals surface area contributed by atoms with Gasteiger partial charge >= 0.3 is 0 Å². The van der Waals surface area contributed by atoms with Crippen LogP contribution >= 0.6 is 0 Å². The standard InChI is InChI=1S/C50H33NO/c1-2-9-34(10-3-1)35-19-26-41(27-20-35)51(43-30-23-38(24-31-43)45-15-8-12-37-11-4-5-13-44(37)45)42-28-21-36(22-29-42)40-18-17-39-25-32-47-46-14-6-7-16-49(46)52-50(47)48(39)33-40/h1-33H. The minimum absolute atomic E-state index is 0.918. The van der Waals surface area contributed by atoms with Crippen molar-refractivity contribution in [3.05, 3.63) is 200 Å². The molecule has 0 atom stereocenters. The molecule has 52 heavy (non-hydrogen) atoms. The zero-order valence-corrected chi connectivity index (χ0v) is 28.4. The monoisotopic (exact) mass is 663 g/mol. The molecule has 1 heterocycles. The highest BCUT2D eigenvalue weighted by Gasteiger charge is 2.15. The summed E-state index contributed by atoms with van der Waals surface area (Å²) < 4.78 is 6.39. The molecule has 0 spiro atoms. The van der Waals surface area contributed by atoms with Crippen molar-refractivity contribution in [2.24, 2.45) is 0 Å². The van der Waals surface area contributed by atoms with E-state index in [1.165, 1.54) is 38.4 Å². The van der Waals surface area contributed by atoms with Gasteiger partial charge in [-0.25, -0.2) is 0 Å². The molecule has 0 aliphatic rings. The third kappa shape index (κ3) is 5.21. The van der Waals surface area contributed by atoms with Crippen molar-refractivity contribution in [2.45, 2.75) is 0 Å². The lowest BCUT2D eigenvalue weighted by Crippen LogP contribution is -2.09. The van der Waals surface area contributed by atoms with E-state index in [4.69, 9.17) is 4.42 Å². The fraction of sp³-hybridized carbons (Fsp3) is 0. The van der Waals surface area contributed by atoms with Crippen LogP contribution in [0.4, 0.5) is 17.1 Å². The number of furan rings is 1. The largest absolute Gasteiger partial charge is 0.455 e. The second-order valence-corrected chi connectivity index (χ2v) is 13.3. The van der Waals surface area contributed by atoms with Crippen LogP contribution in [-0.4, -0.2) is 0 Å². The van der Waals surface area contributed by atoms with Gasteiger partial charge in [0, 0.05) is 33.2 Å². The minimum Gasteiger partial charge on any atom is -0.455 e. The Morgan fingerprint density at radius 3 is 1.56 bits per heavy atom. The fourth-order valence-corrected chi connectivity index (χ4v) is 7.63. The maximum atomic E-state index is 6.39. The Kier molecular flexibility index (Phi) is 7.18. The molecule has 0 aliphatic carbocycles. The SMILES string of the molecule is c1ccc(-c2ccc(N(c3ccc(-c4ccc5ccc6c7ccccc7oc6c5c4)cc3)c3ccc(-c4cccc5ccccc45)cc3)cc2)cc1. The van der Waals surface area contributed by atoms with Crippen LogP contribution in [0.2, 0.25) is 0 Å². The van der Waals surface area contributed by atoms with Gasteiger partial charge in [0.05, 0.1) is 0 Å². The molecule has 0 radical (unpaired) electrons. The van der Waals surface area contributed by atoms with Crippen LogP contribution in [0.25, 0.3) is 76.9 Å². The van der Waals surface area contributed by atoms with Crippen molar-refractivity contribution in [1.82, 2.24) is 0 Å². The van der Waals surface area contributed by atoms with Gasteiger partial charge in [-0.05, 0) is 104 Å². The van der Waals surface area contributed by atoms with Gasteiger partial charge in [0.25, 0.3) is 0 Å². The minimum atomic E-state index is 0.918. The molecular weight excluding hydrogens is 631 g/mol. The van der Waals surface area contributed by atoms with Gasteiger partial charge in [-0.2, -0.15) is 0 Å². The smallest absolute Gasteiger partial charge is 0.143 e. The van der Waals surface area contributed by atoms with E-state index >= 15 is 0 Å². The normalized spacial score (nSPS) is 11.5. The van der Waals surface area contributed by atoms with Crippen molar-refractivity contribution in [1.29, 1.82) is 0 Å². The Balaban J connectivity index is 1.04. The first-order chi connectivity index (χ1) is 25.8. The van der Waals surface area contributed by atoms with Gasteiger partial charge in [-0.3, -0.25) is 0 Å². The molecule has 2 nitrogen and oxygen atoms in total. The van der Waals surface area contributed by atoms with Crippen LogP contribution in [0.5, 0.6) is 0 Å². The van der Waals surface area contributed by atoms with E-state index in [2.05, 4.69) is 193 Å². The van der Waals surface area contributed by atoms with Crippen LogP contribution in [0, 0.1) is 0 Å². The lowest BCUT2D eigenvalue weighted by molar-refractivity contribution is 0.672. The second-order valence-electron chi connectivity index (χ2n) is 13.3. The Morgan fingerprint density at radius 1 is 0.308 bits per heavy atom. The lowest BCUT2D eigenvalue weighted by atomic mass is 9.98. The van der Waals surface area contributed by atoms with Gasteiger partial charge in [-0.15, -0.1) is 0 Å². The van der Waals surface area contributed by atoms with E-state index in [1.807, 2.05) is 12.1 Å². The molecular formula is C50H33NO. The first-order valence-corrected chi connectivity index (χ1v) is 17.8. The maximum absolute atomic E-state index is 6.39. The molecule has 0 bridgehead atoms. The Hall–Kier alpha value is -6.90. The van der Waals surface area contributed by atoms with E-state index in [9.17, 15) is 0 Å². The zero-order chi connectivity index (χ0) is 34.4. The highest BCUT2D eigenvalue weighted by Crippen LogP contribution is 2.40. The second kappa shape index (κ2) is 12.5. The molecule has 0 N–H and O–H groups in total. The van der Waals surface area contributed by atoms with Crippen LogP contribution in [0.3, 0.4) is 0 Å². The van der Waals surface area contributed by atoms with Gasteiger partial charge < -0.3 is 9.32 Å². The summed E-state index contributed by atoms with van der Waals surface area (Å²) in [6, 6.07) is 71.7. The number of nitrogens with zero attached hydrogens (tertiary/aromatic N) is 1. The summed E-state index contributed by atoms with van der Waals surface area (Å²) in [5.74, 6) is 0. The molecule has 1 aromatic heterocycles. The molecule has 0 saturated heterocycles. The van der Waals surface area contributed by atoms with E-state index in [-0.39, 0.29) is 0 Å². The Bertz CT molecular complexity index is 2860. The number of rotatable bonds is 6. The molecule has 0 fully saturated rings. The number of anilines is 3. The summed E-state index contributed by atoms with van der Waals surface area (Å²) in [6.07, 6.45) is 0.